The number of benzene rings is 1. The Morgan fingerprint density at radius 1 is 1.37 bits per heavy atom. The van der Waals surface area contributed by atoms with E-state index >= 15 is 0 Å². The van der Waals surface area contributed by atoms with Crippen molar-refractivity contribution in [3.05, 3.63) is 33.3 Å². The summed E-state index contributed by atoms with van der Waals surface area (Å²) in [5, 5.41) is 7.71. The van der Waals surface area contributed by atoms with Crippen LogP contribution in [0.3, 0.4) is 0 Å². The number of methoxy groups -OCH3 is 1. The lowest BCUT2D eigenvalue weighted by Crippen LogP contribution is -2.49. The first kappa shape index (κ1) is 24.9. The minimum absolute atomic E-state index is 0. The predicted molar refractivity (Wildman–Crippen MR) is 129 cm³/mol. The molecule has 0 bridgehead atoms. The molecule has 8 heteroatoms. The minimum Gasteiger partial charge on any atom is -0.383 e. The molecular weight excluding hydrogens is 542 g/mol. The zero-order valence-electron chi connectivity index (χ0n) is 16.1. The zero-order chi connectivity index (χ0) is 18.8. The van der Waals surface area contributed by atoms with Gasteiger partial charge in [-0.25, -0.2) is 0 Å². The van der Waals surface area contributed by atoms with Crippen LogP contribution in [0.5, 0.6) is 0 Å². The van der Waals surface area contributed by atoms with Gasteiger partial charge in [-0.3, -0.25) is 4.99 Å². The molecule has 0 aromatic heterocycles. The number of aliphatic imine (C=N–C) groups is 1. The first-order valence-electron chi connectivity index (χ1n) is 9.32. The van der Waals surface area contributed by atoms with Crippen LogP contribution in [0.4, 0.5) is 0 Å². The third-order valence-corrected chi connectivity index (χ3v) is 5.55. The number of nitrogens with one attached hydrogen (secondary N) is 2. The Hall–Kier alpha value is -0.0900. The average molecular weight is 574 g/mol. The van der Waals surface area contributed by atoms with Crippen molar-refractivity contribution in [1.29, 1.82) is 0 Å². The van der Waals surface area contributed by atoms with Gasteiger partial charge in [-0.1, -0.05) is 27.5 Å². The number of hydrogen-bond acceptors (Lipinski definition) is 3. The fourth-order valence-electron chi connectivity index (χ4n) is 3.06. The molecule has 0 radical (unpaired) electrons. The van der Waals surface area contributed by atoms with E-state index in [4.69, 9.17) is 21.3 Å². The summed E-state index contributed by atoms with van der Waals surface area (Å²) in [6.07, 6.45) is 3.12. The summed E-state index contributed by atoms with van der Waals surface area (Å²) in [5.41, 5.74) is 1.18. The molecule has 2 rings (SSSR count). The van der Waals surface area contributed by atoms with Crippen LogP contribution in [0.15, 0.2) is 27.7 Å². The molecule has 1 saturated heterocycles. The fourth-order valence-corrected chi connectivity index (χ4v) is 3.70. The lowest BCUT2D eigenvalue weighted by atomic mass is 10.1. The second-order valence-electron chi connectivity index (χ2n) is 6.50. The first-order chi connectivity index (χ1) is 12.6. The summed E-state index contributed by atoms with van der Waals surface area (Å²) in [6, 6.07) is 6.35. The molecule has 1 heterocycles. The number of rotatable bonds is 8. The van der Waals surface area contributed by atoms with E-state index in [1.807, 2.05) is 18.2 Å². The Labute approximate surface area is 193 Å². The van der Waals surface area contributed by atoms with E-state index in [-0.39, 0.29) is 24.0 Å². The number of hydrogen-bond donors (Lipinski definition) is 2. The van der Waals surface area contributed by atoms with E-state index in [0.717, 1.165) is 74.0 Å². The lowest BCUT2D eigenvalue weighted by molar-refractivity contribution is 0.128. The second kappa shape index (κ2) is 14.0. The van der Waals surface area contributed by atoms with E-state index in [1.54, 1.807) is 7.11 Å². The molecule has 1 aromatic carbocycles. The largest absolute Gasteiger partial charge is 0.383 e. The number of halogens is 3. The van der Waals surface area contributed by atoms with Crippen molar-refractivity contribution in [2.45, 2.75) is 32.2 Å². The molecule has 2 N–H and O–H groups in total. The zero-order valence-corrected chi connectivity index (χ0v) is 20.8. The highest BCUT2D eigenvalue weighted by atomic mass is 127. The number of guanidine groups is 1. The van der Waals surface area contributed by atoms with E-state index in [1.165, 1.54) is 5.56 Å². The Balaban J connectivity index is 0.00000364. The van der Waals surface area contributed by atoms with Gasteiger partial charge in [0.25, 0.3) is 0 Å². The normalized spacial score (nSPS) is 16.1. The third-order valence-electron chi connectivity index (χ3n) is 4.54. The summed E-state index contributed by atoms with van der Waals surface area (Å²) in [6.45, 7) is 7.72. The predicted octanol–water partition coefficient (Wildman–Crippen LogP) is 3.93. The molecule has 0 aliphatic carbocycles. The number of piperidine rings is 1. The average Bonchev–Trinajstić information content (AvgIpc) is 2.64. The molecule has 5 nitrogen and oxygen atoms in total. The fraction of sp³-hybridized carbons (Fsp3) is 0.632. The summed E-state index contributed by atoms with van der Waals surface area (Å²) >= 11 is 9.67. The smallest absolute Gasteiger partial charge is 0.191 e. The highest BCUT2D eigenvalue weighted by Gasteiger charge is 2.19. The standard InChI is InChI=1S/C19H30BrClN4O.HI/c1-3-22-19(23-9-6-15-14-16(21)4-5-18(15)20)24-17-7-10-25(11-8-17)12-13-26-2;/h4-5,14,17H,3,6-13H2,1-2H3,(H2,22,23,24);1H. The molecule has 27 heavy (non-hydrogen) atoms. The second-order valence-corrected chi connectivity index (χ2v) is 7.79. The molecule has 1 aromatic rings. The van der Waals surface area contributed by atoms with E-state index < -0.39 is 0 Å². The van der Waals surface area contributed by atoms with Gasteiger partial charge >= 0.3 is 0 Å². The summed E-state index contributed by atoms with van der Waals surface area (Å²) in [5.74, 6) is 0.904. The van der Waals surface area contributed by atoms with Crippen LogP contribution in [-0.4, -0.2) is 63.3 Å². The van der Waals surface area contributed by atoms with Crippen LogP contribution in [0.2, 0.25) is 5.02 Å². The Morgan fingerprint density at radius 2 is 2.11 bits per heavy atom. The first-order valence-corrected chi connectivity index (χ1v) is 10.5. The van der Waals surface area contributed by atoms with Crippen molar-refractivity contribution in [2.75, 3.05) is 46.4 Å². The van der Waals surface area contributed by atoms with E-state index in [0.29, 0.717) is 6.04 Å². The minimum atomic E-state index is 0. The van der Waals surface area contributed by atoms with Crippen LogP contribution in [0, 0.1) is 0 Å². The number of likely N-dealkylation sites (tertiary alicyclic amines) is 1. The van der Waals surface area contributed by atoms with Crippen LogP contribution in [0.1, 0.15) is 25.3 Å². The van der Waals surface area contributed by atoms with Gasteiger partial charge < -0.3 is 20.3 Å². The van der Waals surface area contributed by atoms with Gasteiger partial charge in [-0.15, -0.1) is 24.0 Å². The highest BCUT2D eigenvalue weighted by molar-refractivity contribution is 14.0. The Kier molecular flexibility index (Phi) is 12.9. The molecular formula is C19H31BrClIN4O. The van der Waals surface area contributed by atoms with Crippen molar-refractivity contribution in [3.8, 4) is 0 Å². The van der Waals surface area contributed by atoms with Gasteiger partial charge in [0.15, 0.2) is 5.96 Å². The maximum absolute atomic E-state index is 6.09. The van der Waals surface area contributed by atoms with Gasteiger partial charge in [0.05, 0.1) is 6.61 Å². The molecule has 0 spiro atoms. The maximum Gasteiger partial charge on any atom is 0.191 e. The van der Waals surface area contributed by atoms with Crippen molar-refractivity contribution in [1.82, 2.24) is 15.5 Å². The van der Waals surface area contributed by atoms with Gasteiger partial charge in [0, 0.05) is 55.4 Å². The quantitative estimate of drug-likeness (QED) is 0.281. The van der Waals surface area contributed by atoms with Crippen molar-refractivity contribution >= 4 is 57.5 Å². The molecule has 1 aliphatic rings. The van der Waals surface area contributed by atoms with Crippen molar-refractivity contribution in [3.63, 3.8) is 0 Å². The van der Waals surface area contributed by atoms with Gasteiger partial charge in [0.1, 0.15) is 0 Å². The summed E-state index contributed by atoms with van der Waals surface area (Å²) in [4.78, 5) is 7.20. The molecule has 1 aliphatic heterocycles. The Morgan fingerprint density at radius 3 is 2.78 bits per heavy atom. The lowest BCUT2D eigenvalue weighted by Gasteiger charge is -2.32. The van der Waals surface area contributed by atoms with E-state index in [2.05, 4.69) is 38.4 Å². The molecule has 1 fully saturated rings. The van der Waals surface area contributed by atoms with Gasteiger partial charge in [0.2, 0.25) is 0 Å². The molecule has 0 saturated carbocycles. The van der Waals surface area contributed by atoms with Gasteiger partial charge in [-0.05, 0) is 49.9 Å². The van der Waals surface area contributed by atoms with Crippen molar-refractivity contribution < 1.29 is 4.74 Å². The third kappa shape index (κ3) is 9.30. The summed E-state index contributed by atoms with van der Waals surface area (Å²) < 4.78 is 6.25. The van der Waals surface area contributed by atoms with Crippen molar-refractivity contribution in [2.24, 2.45) is 4.99 Å². The highest BCUT2D eigenvalue weighted by Crippen LogP contribution is 2.21. The topological polar surface area (TPSA) is 48.9 Å². The molecule has 154 valence electrons. The van der Waals surface area contributed by atoms with E-state index in [9.17, 15) is 0 Å². The van der Waals surface area contributed by atoms with Gasteiger partial charge in [-0.2, -0.15) is 0 Å². The van der Waals surface area contributed by atoms with Crippen LogP contribution in [-0.2, 0) is 11.2 Å². The summed E-state index contributed by atoms with van der Waals surface area (Å²) in [7, 11) is 1.76. The SMILES string of the molecule is CCNC(=NCCc1cc(Cl)ccc1Br)NC1CCN(CCOC)CC1.I. The molecule has 0 unspecified atom stereocenters. The maximum atomic E-state index is 6.09. The molecule has 0 atom stereocenters. The number of nitrogens with zero attached hydrogens (tertiary/aromatic N) is 2. The molecule has 0 amide bonds. The van der Waals surface area contributed by atoms with Crippen LogP contribution >= 0.6 is 51.5 Å². The Bertz CT molecular complexity index is 583. The number of ether oxygens (including phenoxy) is 1. The van der Waals surface area contributed by atoms with Crippen LogP contribution in [0.25, 0.3) is 0 Å². The monoisotopic (exact) mass is 572 g/mol. The van der Waals surface area contributed by atoms with Crippen LogP contribution < -0.4 is 10.6 Å².